The van der Waals surface area contributed by atoms with Crippen LogP contribution in [0.1, 0.15) is 48.7 Å². The van der Waals surface area contributed by atoms with Crippen LogP contribution in [0.5, 0.6) is 5.88 Å². The van der Waals surface area contributed by atoms with Gasteiger partial charge in [0.05, 0.1) is 11.3 Å². The van der Waals surface area contributed by atoms with E-state index < -0.39 is 6.10 Å². The van der Waals surface area contributed by atoms with Crippen molar-refractivity contribution in [2.75, 3.05) is 0 Å². The number of ether oxygens (including phenoxy) is 1. The first-order chi connectivity index (χ1) is 16.4. The molecule has 10 nitrogen and oxygen atoms in total. The number of carbonyl (C=O) groups excluding carboxylic acids is 1. The molecule has 0 saturated carbocycles. The number of aryl methyl sites for hydroxylation is 1. The Hall–Kier alpha value is -4.34. The molecule has 0 aliphatic rings. The molecule has 0 saturated heterocycles. The molecule has 0 aliphatic heterocycles. The van der Waals surface area contributed by atoms with Gasteiger partial charge < -0.3 is 14.6 Å². The third kappa shape index (κ3) is 3.94. The number of hydrogen-bond donors (Lipinski definition) is 1. The number of nitrogens with one attached hydrogen (secondary N) is 1. The summed E-state index contributed by atoms with van der Waals surface area (Å²) in [6.07, 6.45) is 1.12. The van der Waals surface area contributed by atoms with Gasteiger partial charge in [-0.25, -0.2) is 0 Å². The second-order valence-corrected chi connectivity index (χ2v) is 8.29. The van der Waals surface area contributed by atoms with E-state index in [0.29, 0.717) is 40.1 Å². The topological polar surface area (TPSA) is 120 Å². The molecule has 172 valence electrons. The fraction of sp³-hybridized carbons (Fsp3) is 0.250. The van der Waals surface area contributed by atoms with Gasteiger partial charge in [0.15, 0.2) is 11.3 Å². The highest BCUT2D eigenvalue weighted by atomic mass is 16.5. The highest BCUT2D eigenvalue weighted by Gasteiger charge is 2.20. The van der Waals surface area contributed by atoms with Crippen LogP contribution in [-0.4, -0.2) is 41.9 Å². The van der Waals surface area contributed by atoms with Crippen LogP contribution in [0.3, 0.4) is 0 Å². The van der Waals surface area contributed by atoms with Crippen molar-refractivity contribution in [1.82, 2.24) is 35.3 Å². The number of amides is 1. The van der Waals surface area contributed by atoms with E-state index in [9.17, 15) is 4.79 Å². The molecule has 1 amide bonds. The Balaban J connectivity index is 1.51. The van der Waals surface area contributed by atoms with Crippen molar-refractivity contribution in [2.45, 2.75) is 39.8 Å². The Kier molecular flexibility index (Phi) is 5.40. The van der Waals surface area contributed by atoms with Crippen molar-refractivity contribution < 1.29 is 14.1 Å². The van der Waals surface area contributed by atoms with Gasteiger partial charge in [-0.1, -0.05) is 23.4 Å². The first-order valence-corrected chi connectivity index (χ1v) is 10.9. The summed E-state index contributed by atoms with van der Waals surface area (Å²) in [7, 11) is 0. The molecule has 0 fully saturated rings. The zero-order chi connectivity index (χ0) is 23.8. The van der Waals surface area contributed by atoms with Crippen molar-refractivity contribution >= 4 is 22.3 Å². The molecule has 10 heteroatoms. The maximum atomic E-state index is 12.2. The van der Waals surface area contributed by atoms with Gasteiger partial charge in [-0.15, -0.1) is 15.3 Å². The summed E-state index contributed by atoms with van der Waals surface area (Å²) >= 11 is 0. The van der Waals surface area contributed by atoms with E-state index in [2.05, 4.69) is 30.8 Å². The largest absolute Gasteiger partial charge is 0.467 e. The van der Waals surface area contributed by atoms with E-state index in [-0.39, 0.29) is 11.9 Å². The lowest BCUT2D eigenvalue weighted by Gasteiger charge is -2.16. The van der Waals surface area contributed by atoms with E-state index in [1.54, 1.807) is 28.9 Å². The molecular formula is C24H23N7O3. The predicted octanol–water partition coefficient (Wildman–Crippen LogP) is 3.91. The number of carbonyl (C=O) groups is 1. The second kappa shape index (κ2) is 8.54. The van der Waals surface area contributed by atoms with Gasteiger partial charge in [0.25, 0.3) is 5.91 Å². The van der Waals surface area contributed by atoms with Crippen LogP contribution in [0.4, 0.5) is 0 Å². The first kappa shape index (κ1) is 21.5. The Morgan fingerprint density at radius 3 is 2.56 bits per heavy atom. The highest BCUT2D eigenvalue weighted by molar-refractivity contribution is 5.97. The van der Waals surface area contributed by atoms with Crippen molar-refractivity contribution in [1.29, 1.82) is 0 Å². The summed E-state index contributed by atoms with van der Waals surface area (Å²) < 4.78 is 13.1. The van der Waals surface area contributed by atoms with E-state index in [0.717, 1.165) is 10.8 Å². The fourth-order valence-corrected chi connectivity index (χ4v) is 3.62. The first-order valence-electron chi connectivity index (χ1n) is 10.9. The quantitative estimate of drug-likeness (QED) is 0.407. The molecular weight excluding hydrogens is 434 g/mol. The minimum absolute atomic E-state index is 0.0485. The summed E-state index contributed by atoms with van der Waals surface area (Å²) in [5.74, 6) is 1.35. The smallest absolute Gasteiger partial charge is 0.253 e. The fourth-order valence-electron chi connectivity index (χ4n) is 3.62. The molecule has 0 radical (unpaired) electrons. The minimum atomic E-state index is -0.426. The van der Waals surface area contributed by atoms with Crippen LogP contribution >= 0.6 is 0 Å². The third-order valence-electron chi connectivity index (χ3n) is 5.26. The zero-order valence-corrected chi connectivity index (χ0v) is 19.2. The van der Waals surface area contributed by atoms with Gasteiger partial charge in [-0.05, 0) is 45.9 Å². The van der Waals surface area contributed by atoms with Crippen LogP contribution in [0.2, 0.25) is 0 Å². The number of pyridine rings is 1. The molecule has 1 N–H and O–H groups in total. The van der Waals surface area contributed by atoms with E-state index in [1.165, 1.54) is 0 Å². The lowest BCUT2D eigenvalue weighted by atomic mass is 10.1. The number of aromatic nitrogens is 6. The third-order valence-corrected chi connectivity index (χ3v) is 5.26. The van der Waals surface area contributed by atoms with Gasteiger partial charge >= 0.3 is 0 Å². The van der Waals surface area contributed by atoms with E-state index >= 15 is 0 Å². The predicted molar refractivity (Wildman–Crippen MR) is 124 cm³/mol. The van der Waals surface area contributed by atoms with Gasteiger partial charge in [-0.2, -0.15) is 4.52 Å². The molecule has 4 aromatic heterocycles. The lowest BCUT2D eigenvalue weighted by Crippen LogP contribution is -2.30. The summed E-state index contributed by atoms with van der Waals surface area (Å²) in [5, 5.41) is 21.8. The van der Waals surface area contributed by atoms with Gasteiger partial charge in [0, 0.05) is 29.1 Å². The molecule has 4 heterocycles. The zero-order valence-electron chi connectivity index (χ0n) is 19.2. The Morgan fingerprint density at radius 2 is 1.88 bits per heavy atom. The normalized spacial score (nSPS) is 12.4. The van der Waals surface area contributed by atoms with Crippen LogP contribution < -0.4 is 10.1 Å². The van der Waals surface area contributed by atoms with Crippen LogP contribution in [0.25, 0.3) is 27.9 Å². The molecule has 5 rings (SSSR count). The monoisotopic (exact) mass is 457 g/mol. The Bertz CT molecular complexity index is 1490. The minimum Gasteiger partial charge on any atom is -0.467 e. The van der Waals surface area contributed by atoms with Crippen molar-refractivity contribution in [3.05, 3.63) is 65.7 Å². The maximum absolute atomic E-state index is 12.2. The van der Waals surface area contributed by atoms with Gasteiger partial charge in [-0.3, -0.25) is 9.78 Å². The van der Waals surface area contributed by atoms with Gasteiger partial charge in [0.1, 0.15) is 11.9 Å². The molecule has 5 aromatic rings. The molecule has 0 aliphatic carbocycles. The maximum Gasteiger partial charge on any atom is 0.253 e. The molecule has 0 bridgehead atoms. The number of hydrogen-bond acceptors (Lipinski definition) is 8. The number of nitrogens with zero attached hydrogens (tertiary/aromatic N) is 6. The van der Waals surface area contributed by atoms with Crippen LogP contribution in [0.15, 0.2) is 53.2 Å². The van der Waals surface area contributed by atoms with Crippen molar-refractivity contribution in [3.8, 4) is 17.4 Å². The number of benzene rings is 1. The van der Waals surface area contributed by atoms with Crippen molar-refractivity contribution in [3.63, 3.8) is 0 Å². The highest BCUT2D eigenvalue weighted by Crippen LogP contribution is 2.31. The van der Waals surface area contributed by atoms with Crippen LogP contribution in [0, 0.1) is 6.92 Å². The summed E-state index contributed by atoms with van der Waals surface area (Å²) in [4.78, 5) is 16.6. The Morgan fingerprint density at radius 1 is 1.09 bits per heavy atom. The molecule has 34 heavy (non-hydrogen) atoms. The Labute approximate surface area is 195 Å². The molecule has 0 spiro atoms. The average molecular weight is 457 g/mol. The average Bonchev–Trinajstić information content (AvgIpc) is 3.45. The van der Waals surface area contributed by atoms with Gasteiger partial charge in [0.2, 0.25) is 11.7 Å². The molecule has 1 aromatic carbocycles. The standard InChI is InChI=1S/C24H23N7O3/c1-13(2)26-23(32)16-9-10-19(25-12-16)15(4)33-24-18-8-6-5-7-17(18)21-27-28-22(31(21)29-24)20-11-14(3)34-30-20/h5-13,15H,1-4H3,(H,26,32)/t15-/m1/s1. The second-order valence-electron chi connectivity index (χ2n) is 8.29. The van der Waals surface area contributed by atoms with Crippen molar-refractivity contribution in [2.24, 2.45) is 0 Å². The SMILES string of the molecule is Cc1cc(-c2nnc3c4ccccc4c(O[C@H](C)c4ccc(C(=O)NC(C)C)cn4)nn23)no1. The number of fused-ring (bicyclic) bond motifs is 3. The van der Waals surface area contributed by atoms with Crippen LogP contribution in [-0.2, 0) is 0 Å². The lowest BCUT2D eigenvalue weighted by molar-refractivity contribution is 0.0942. The molecule has 1 atom stereocenters. The summed E-state index contributed by atoms with van der Waals surface area (Å²) in [6.45, 7) is 7.51. The van der Waals surface area contributed by atoms with E-state index in [4.69, 9.17) is 9.26 Å². The molecule has 0 unspecified atom stereocenters. The number of rotatable bonds is 6. The summed E-state index contributed by atoms with van der Waals surface area (Å²) in [6, 6.07) is 13.0. The summed E-state index contributed by atoms with van der Waals surface area (Å²) in [5.41, 5.74) is 2.28. The van der Waals surface area contributed by atoms with E-state index in [1.807, 2.05) is 52.0 Å².